The molecule has 1 aromatic heterocycles. The van der Waals surface area contributed by atoms with Crippen LogP contribution in [0.3, 0.4) is 0 Å². The van der Waals surface area contributed by atoms with Crippen molar-refractivity contribution in [2.75, 3.05) is 7.11 Å². The van der Waals surface area contributed by atoms with Gasteiger partial charge in [0.1, 0.15) is 5.75 Å². The predicted octanol–water partition coefficient (Wildman–Crippen LogP) is 4.12. The van der Waals surface area contributed by atoms with Gasteiger partial charge in [-0.3, -0.25) is 4.79 Å². The Morgan fingerprint density at radius 2 is 1.79 bits per heavy atom. The van der Waals surface area contributed by atoms with E-state index in [9.17, 15) is 4.79 Å². The summed E-state index contributed by atoms with van der Waals surface area (Å²) in [6.45, 7) is 4.63. The molecule has 0 N–H and O–H groups in total. The average molecular weight is 379 g/mol. The number of rotatable bonds is 8. The summed E-state index contributed by atoms with van der Waals surface area (Å²) in [4.78, 5) is 14.6. The van der Waals surface area contributed by atoms with Crippen molar-refractivity contribution >= 4 is 5.91 Å². The van der Waals surface area contributed by atoms with Crippen molar-refractivity contribution in [3.8, 4) is 17.2 Å². The first-order valence-corrected chi connectivity index (χ1v) is 9.37. The maximum atomic E-state index is 12.8. The van der Waals surface area contributed by atoms with Crippen LogP contribution in [-0.4, -0.2) is 34.2 Å². The highest BCUT2D eigenvalue weighted by Crippen LogP contribution is 2.28. The second-order valence-corrected chi connectivity index (χ2v) is 6.80. The molecule has 28 heavy (non-hydrogen) atoms. The zero-order valence-corrected chi connectivity index (χ0v) is 16.5. The fourth-order valence-corrected chi connectivity index (χ4v) is 2.98. The fraction of sp³-hybridized carbons (Fsp3) is 0.318. The first kappa shape index (κ1) is 19.6. The molecule has 1 amide bonds. The molecule has 3 rings (SSSR count). The normalized spacial score (nSPS) is 10.9. The van der Waals surface area contributed by atoms with Crippen molar-refractivity contribution in [2.45, 2.75) is 39.3 Å². The van der Waals surface area contributed by atoms with E-state index in [1.165, 1.54) is 0 Å². The highest BCUT2D eigenvalue weighted by atomic mass is 16.5. The smallest absolute Gasteiger partial charge is 0.251 e. The molecule has 6 heteroatoms. The lowest BCUT2D eigenvalue weighted by Crippen LogP contribution is -2.36. The number of aryl methyl sites for hydroxylation is 1. The second kappa shape index (κ2) is 9.17. The highest BCUT2D eigenvalue weighted by molar-refractivity contribution is 5.76. The van der Waals surface area contributed by atoms with Crippen molar-refractivity contribution in [3.05, 3.63) is 66.1 Å². The monoisotopic (exact) mass is 379 g/mol. The number of nitrogens with zero attached hydrogens (tertiary/aromatic N) is 3. The van der Waals surface area contributed by atoms with E-state index >= 15 is 0 Å². The minimum Gasteiger partial charge on any atom is -0.496 e. The van der Waals surface area contributed by atoms with E-state index in [4.69, 9.17) is 9.15 Å². The number of amides is 1. The predicted molar refractivity (Wildman–Crippen MR) is 107 cm³/mol. The van der Waals surface area contributed by atoms with Gasteiger partial charge >= 0.3 is 0 Å². The molecule has 2 aromatic carbocycles. The third-order valence-electron chi connectivity index (χ3n) is 4.50. The number of methoxy groups -OCH3 is 1. The Bertz CT molecular complexity index is 906. The molecule has 0 saturated heterocycles. The summed E-state index contributed by atoms with van der Waals surface area (Å²) in [5, 5.41) is 8.18. The number of para-hydroxylation sites is 1. The van der Waals surface area contributed by atoms with Gasteiger partial charge in [0.25, 0.3) is 5.89 Å². The van der Waals surface area contributed by atoms with Gasteiger partial charge in [0.15, 0.2) is 0 Å². The molecule has 0 bridgehead atoms. The maximum Gasteiger partial charge on any atom is 0.251 e. The topological polar surface area (TPSA) is 68.5 Å². The van der Waals surface area contributed by atoms with Crippen LogP contribution in [0.1, 0.15) is 31.7 Å². The third kappa shape index (κ3) is 4.76. The van der Waals surface area contributed by atoms with E-state index in [0.717, 1.165) is 11.1 Å². The molecule has 0 aliphatic heterocycles. The summed E-state index contributed by atoms with van der Waals surface area (Å²) < 4.78 is 11.1. The van der Waals surface area contributed by atoms with Crippen LogP contribution in [0.25, 0.3) is 11.5 Å². The molecule has 146 valence electrons. The summed E-state index contributed by atoms with van der Waals surface area (Å²) in [6.07, 6.45) is 0.720. The first-order valence-electron chi connectivity index (χ1n) is 9.37. The van der Waals surface area contributed by atoms with Gasteiger partial charge in [-0.15, -0.1) is 10.2 Å². The molecule has 0 spiro atoms. The van der Waals surface area contributed by atoms with Gasteiger partial charge in [0, 0.05) is 25.4 Å². The van der Waals surface area contributed by atoms with Crippen molar-refractivity contribution in [2.24, 2.45) is 0 Å². The van der Waals surface area contributed by atoms with E-state index in [2.05, 4.69) is 10.2 Å². The standard InChI is InChI=1S/C22H25N3O3/c1-16(2)25(15-17-9-5-4-6-10-17)21(26)14-13-20-23-24-22(28-20)18-11-7-8-12-19(18)27-3/h4-12,16H,13-15H2,1-3H3. The fourth-order valence-electron chi connectivity index (χ4n) is 2.98. The van der Waals surface area contributed by atoms with Gasteiger partial charge in [-0.1, -0.05) is 42.5 Å². The number of benzene rings is 2. The average Bonchev–Trinajstić information content (AvgIpc) is 3.19. The lowest BCUT2D eigenvalue weighted by molar-refractivity contribution is -0.133. The molecule has 0 radical (unpaired) electrons. The molecule has 0 atom stereocenters. The van der Waals surface area contributed by atoms with Crippen LogP contribution in [0.5, 0.6) is 5.75 Å². The number of aromatic nitrogens is 2. The van der Waals surface area contributed by atoms with Crippen molar-refractivity contribution in [1.29, 1.82) is 0 Å². The second-order valence-electron chi connectivity index (χ2n) is 6.80. The number of hydrogen-bond donors (Lipinski definition) is 0. The Labute approximate surface area is 165 Å². The summed E-state index contributed by atoms with van der Waals surface area (Å²) >= 11 is 0. The minimum atomic E-state index is 0.0656. The molecule has 0 fully saturated rings. The molecule has 0 aliphatic rings. The number of hydrogen-bond acceptors (Lipinski definition) is 5. The molecule has 0 saturated carbocycles. The third-order valence-corrected chi connectivity index (χ3v) is 4.50. The highest BCUT2D eigenvalue weighted by Gasteiger charge is 2.19. The van der Waals surface area contributed by atoms with Crippen LogP contribution in [0.4, 0.5) is 0 Å². The van der Waals surface area contributed by atoms with Crippen LogP contribution in [0, 0.1) is 0 Å². The van der Waals surface area contributed by atoms with E-state index in [-0.39, 0.29) is 11.9 Å². The zero-order valence-electron chi connectivity index (χ0n) is 16.5. The van der Waals surface area contributed by atoms with E-state index in [0.29, 0.717) is 36.9 Å². The van der Waals surface area contributed by atoms with Crippen molar-refractivity contribution in [3.63, 3.8) is 0 Å². The molecule has 6 nitrogen and oxygen atoms in total. The summed E-state index contributed by atoms with van der Waals surface area (Å²) in [5.41, 5.74) is 1.85. The first-order chi connectivity index (χ1) is 13.6. The summed E-state index contributed by atoms with van der Waals surface area (Å²) in [6, 6.07) is 17.6. The van der Waals surface area contributed by atoms with E-state index in [1.807, 2.05) is 73.3 Å². The molecule has 3 aromatic rings. The minimum absolute atomic E-state index is 0.0656. The van der Waals surface area contributed by atoms with Gasteiger partial charge in [0.05, 0.1) is 12.7 Å². The summed E-state index contributed by atoms with van der Waals surface area (Å²) in [7, 11) is 1.60. The number of ether oxygens (including phenoxy) is 1. The summed E-state index contributed by atoms with van der Waals surface area (Å²) in [5.74, 6) is 1.57. The van der Waals surface area contributed by atoms with E-state index < -0.39 is 0 Å². The lowest BCUT2D eigenvalue weighted by atomic mass is 10.1. The Kier molecular flexibility index (Phi) is 6.42. The van der Waals surface area contributed by atoms with Crippen LogP contribution < -0.4 is 4.74 Å². The Morgan fingerprint density at radius 1 is 1.07 bits per heavy atom. The van der Waals surface area contributed by atoms with Gasteiger partial charge < -0.3 is 14.1 Å². The van der Waals surface area contributed by atoms with Crippen molar-refractivity contribution in [1.82, 2.24) is 15.1 Å². The Morgan fingerprint density at radius 3 is 2.50 bits per heavy atom. The van der Waals surface area contributed by atoms with Gasteiger partial charge in [-0.2, -0.15) is 0 Å². The zero-order chi connectivity index (χ0) is 19.9. The van der Waals surface area contributed by atoms with Crippen molar-refractivity contribution < 1.29 is 13.9 Å². The lowest BCUT2D eigenvalue weighted by Gasteiger charge is -2.27. The van der Waals surface area contributed by atoms with Gasteiger partial charge in [0.2, 0.25) is 11.8 Å². The Hall–Kier alpha value is -3.15. The molecule has 0 unspecified atom stereocenters. The largest absolute Gasteiger partial charge is 0.496 e. The molecular weight excluding hydrogens is 354 g/mol. The van der Waals surface area contributed by atoms with Crippen LogP contribution >= 0.6 is 0 Å². The van der Waals surface area contributed by atoms with Crippen LogP contribution in [0.2, 0.25) is 0 Å². The maximum absolute atomic E-state index is 12.8. The van der Waals surface area contributed by atoms with Gasteiger partial charge in [-0.25, -0.2) is 0 Å². The van der Waals surface area contributed by atoms with Gasteiger partial charge in [-0.05, 0) is 31.5 Å². The van der Waals surface area contributed by atoms with Crippen LogP contribution in [-0.2, 0) is 17.8 Å². The Balaban J connectivity index is 1.64. The SMILES string of the molecule is COc1ccccc1-c1nnc(CCC(=O)N(Cc2ccccc2)C(C)C)o1. The number of carbonyl (C=O) groups excluding carboxylic acids is 1. The molecule has 0 aliphatic carbocycles. The molecule has 1 heterocycles. The molecular formula is C22H25N3O3. The van der Waals surface area contributed by atoms with E-state index in [1.54, 1.807) is 7.11 Å². The quantitative estimate of drug-likeness (QED) is 0.589. The van der Waals surface area contributed by atoms with Crippen LogP contribution in [0.15, 0.2) is 59.0 Å². The number of carbonyl (C=O) groups is 1.